The molecule has 0 radical (unpaired) electrons. The van der Waals surface area contributed by atoms with Crippen molar-refractivity contribution in [1.82, 2.24) is 15.2 Å². The van der Waals surface area contributed by atoms with Crippen molar-refractivity contribution in [2.45, 2.75) is 51.5 Å². The molecule has 1 fully saturated rings. The fraction of sp³-hybridized carbons (Fsp3) is 0.500. The molecule has 1 aliphatic rings. The quantitative estimate of drug-likeness (QED) is 0.533. The minimum Gasteiger partial charge on any atom is -0.444 e. The van der Waals surface area contributed by atoms with Gasteiger partial charge in [-0.1, -0.05) is 11.6 Å². The molecule has 0 bridgehead atoms. The number of amides is 1. The molecule has 2 aromatic rings. The normalized spacial score (nSPS) is 17.0. The van der Waals surface area contributed by atoms with Crippen molar-refractivity contribution in [3.8, 4) is 0 Å². The van der Waals surface area contributed by atoms with Gasteiger partial charge in [0.2, 0.25) is 0 Å². The maximum Gasteiger partial charge on any atom is 0.410 e. The highest BCUT2D eigenvalue weighted by Crippen LogP contribution is 2.33. The molecule has 152 valence electrons. The molecule has 0 aliphatic carbocycles. The summed E-state index contributed by atoms with van der Waals surface area (Å²) in [6.07, 6.45) is 1.85. The summed E-state index contributed by atoms with van der Waals surface area (Å²) in [6.45, 7) is 6.70. The maximum atomic E-state index is 12.2. The summed E-state index contributed by atoms with van der Waals surface area (Å²) in [4.78, 5) is 18.2. The second-order valence-corrected chi connectivity index (χ2v) is 8.48. The van der Waals surface area contributed by atoms with Crippen LogP contribution in [0.15, 0.2) is 24.4 Å². The van der Waals surface area contributed by atoms with Crippen molar-refractivity contribution in [1.29, 1.82) is 0 Å². The Morgan fingerprint density at radius 3 is 2.75 bits per heavy atom. The van der Waals surface area contributed by atoms with E-state index in [1.54, 1.807) is 23.2 Å². The molecule has 28 heavy (non-hydrogen) atoms. The van der Waals surface area contributed by atoms with Gasteiger partial charge in [0.05, 0.1) is 16.2 Å². The van der Waals surface area contributed by atoms with Gasteiger partial charge >= 0.3 is 6.09 Å². The zero-order valence-electron chi connectivity index (χ0n) is 16.4. The number of hydrogen-bond donors (Lipinski definition) is 3. The number of nitrogens with two attached hydrogens (primary N) is 1. The molecule has 0 saturated carbocycles. The third-order valence-electron chi connectivity index (χ3n) is 4.75. The number of piperidine rings is 1. The van der Waals surface area contributed by atoms with Crippen LogP contribution in [-0.2, 0) is 4.74 Å². The number of nitrogen functional groups attached to an aromatic ring is 1. The van der Waals surface area contributed by atoms with Gasteiger partial charge in [-0.25, -0.2) is 4.79 Å². The zero-order valence-corrected chi connectivity index (χ0v) is 17.2. The molecule has 1 aromatic carbocycles. The summed E-state index contributed by atoms with van der Waals surface area (Å²) < 4.78 is 5.42. The number of carbonyl (C=O) groups is 1. The molecule has 3 rings (SSSR count). The minimum atomic E-state index is -0.937. The molecule has 8 heteroatoms. The van der Waals surface area contributed by atoms with Crippen LogP contribution in [0.25, 0.3) is 10.9 Å². The van der Waals surface area contributed by atoms with Gasteiger partial charge in [0.1, 0.15) is 11.8 Å². The number of aliphatic hydroxyl groups excluding tert-OH is 1. The lowest BCUT2D eigenvalue weighted by molar-refractivity contribution is 0.0176. The molecular weight excluding hydrogens is 380 g/mol. The summed E-state index contributed by atoms with van der Waals surface area (Å²) >= 11 is 6.24. The lowest BCUT2D eigenvalue weighted by Crippen LogP contribution is -2.47. The third kappa shape index (κ3) is 4.66. The molecular formula is C20H27ClN4O3. The number of aromatic nitrogens is 1. The zero-order chi connectivity index (χ0) is 20.5. The van der Waals surface area contributed by atoms with Crippen molar-refractivity contribution < 1.29 is 14.6 Å². The van der Waals surface area contributed by atoms with Crippen molar-refractivity contribution in [2.24, 2.45) is 0 Å². The molecule has 1 unspecified atom stereocenters. The van der Waals surface area contributed by atoms with Crippen LogP contribution in [0.4, 0.5) is 10.5 Å². The number of ether oxygens (including phenoxy) is 1. The molecule has 0 spiro atoms. The lowest BCUT2D eigenvalue weighted by atomic mass is 10.0. The molecule has 2 heterocycles. The number of likely N-dealkylation sites (tertiary alicyclic amines) is 1. The molecule has 1 aromatic heterocycles. The monoisotopic (exact) mass is 406 g/mol. The Kier molecular flexibility index (Phi) is 5.98. The van der Waals surface area contributed by atoms with E-state index in [1.807, 2.05) is 26.8 Å². The number of benzene rings is 1. The van der Waals surface area contributed by atoms with Crippen LogP contribution < -0.4 is 11.1 Å². The van der Waals surface area contributed by atoms with Gasteiger partial charge in [0.25, 0.3) is 0 Å². The molecule has 1 amide bonds. The van der Waals surface area contributed by atoms with Gasteiger partial charge in [-0.3, -0.25) is 10.3 Å². The Morgan fingerprint density at radius 1 is 1.43 bits per heavy atom. The highest BCUT2D eigenvalue weighted by Gasteiger charge is 2.28. The first-order chi connectivity index (χ1) is 13.2. The average molecular weight is 407 g/mol. The van der Waals surface area contributed by atoms with Crippen LogP contribution in [-0.4, -0.2) is 45.8 Å². The molecule has 7 nitrogen and oxygen atoms in total. The standard InChI is InChI=1S/C20H27ClN4O3/c1-20(2,3)28-19(27)25-9-6-12(7-10-25)24-18(26)14-11-15(21)16(22)13-5-4-8-23-17(13)14/h4-5,8,11-12,18,24,26H,6-7,9-10,22H2,1-3H3. The number of anilines is 1. The number of hydrogen-bond acceptors (Lipinski definition) is 6. The van der Waals surface area contributed by atoms with Crippen molar-refractivity contribution in [3.63, 3.8) is 0 Å². The summed E-state index contributed by atoms with van der Waals surface area (Å²) in [6, 6.07) is 5.33. The van der Waals surface area contributed by atoms with Gasteiger partial charge in [0, 0.05) is 36.3 Å². The Balaban J connectivity index is 1.66. The predicted octanol–water partition coefficient (Wildman–Crippen LogP) is 3.45. The van der Waals surface area contributed by atoms with Crippen LogP contribution in [0.3, 0.4) is 0 Å². The molecule has 1 atom stereocenters. The first-order valence-electron chi connectivity index (χ1n) is 9.40. The van der Waals surface area contributed by atoms with Crippen LogP contribution in [0, 0.1) is 0 Å². The molecule has 4 N–H and O–H groups in total. The first kappa shape index (κ1) is 20.6. The fourth-order valence-electron chi connectivity index (χ4n) is 3.34. The Hall–Kier alpha value is -2.09. The van der Waals surface area contributed by atoms with E-state index in [2.05, 4.69) is 10.3 Å². The summed E-state index contributed by atoms with van der Waals surface area (Å²) in [5.41, 5.74) is 7.19. The van der Waals surface area contributed by atoms with Crippen molar-refractivity contribution in [2.75, 3.05) is 18.8 Å². The summed E-state index contributed by atoms with van der Waals surface area (Å²) in [5, 5.41) is 15.1. The smallest absolute Gasteiger partial charge is 0.410 e. The topological polar surface area (TPSA) is 101 Å². The van der Waals surface area contributed by atoms with Gasteiger partial charge < -0.3 is 20.5 Å². The maximum absolute atomic E-state index is 12.2. The van der Waals surface area contributed by atoms with Crippen LogP contribution in [0.2, 0.25) is 5.02 Å². The van der Waals surface area contributed by atoms with E-state index >= 15 is 0 Å². The highest BCUT2D eigenvalue weighted by atomic mass is 35.5. The van der Waals surface area contributed by atoms with E-state index < -0.39 is 11.8 Å². The number of rotatable bonds is 3. The lowest BCUT2D eigenvalue weighted by Gasteiger charge is -2.34. The number of aliphatic hydroxyl groups is 1. The Bertz CT molecular complexity index is 860. The van der Waals surface area contributed by atoms with Crippen molar-refractivity contribution in [3.05, 3.63) is 35.0 Å². The second kappa shape index (κ2) is 8.11. The second-order valence-electron chi connectivity index (χ2n) is 8.07. The van der Waals surface area contributed by atoms with Crippen LogP contribution >= 0.6 is 11.6 Å². The van der Waals surface area contributed by atoms with Crippen LogP contribution in [0.1, 0.15) is 45.4 Å². The number of nitrogens with zero attached hydrogens (tertiary/aromatic N) is 2. The van der Waals surface area contributed by atoms with E-state index in [4.69, 9.17) is 22.1 Å². The average Bonchev–Trinajstić information content (AvgIpc) is 2.64. The SMILES string of the molecule is CC(C)(C)OC(=O)N1CCC(NC(O)c2cc(Cl)c(N)c3cccnc23)CC1. The Labute approximate surface area is 169 Å². The first-order valence-corrected chi connectivity index (χ1v) is 9.78. The summed E-state index contributed by atoms with van der Waals surface area (Å²) in [7, 11) is 0. The largest absolute Gasteiger partial charge is 0.444 e. The minimum absolute atomic E-state index is 0.0591. The van der Waals surface area contributed by atoms with E-state index in [-0.39, 0.29) is 12.1 Å². The van der Waals surface area contributed by atoms with Gasteiger partial charge in [-0.2, -0.15) is 0 Å². The Morgan fingerprint density at radius 2 is 2.11 bits per heavy atom. The number of nitrogens with one attached hydrogen (secondary N) is 1. The molecule has 1 aliphatic heterocycles. The van der Waals surface area contributed by atoms with Gasteiger partial charge in [-0.15, -0.1) is 0 Å². The number of carbonyl (C=O) groups excluding carboxylic acids is 1. The fourth-order valence-corrected chi connectivity index (χ4v) is 3.56. The highest BCUT2D eigenvalue weighted by molar-refractivity contribution is 6.34. The predicted molar refractivity (Wildman–Crippen MR) is 110 cm³/mol. The summed E-state index contributed by atoms with van der Waals surface area (Å²) in [5.74, 6) is 0. The third-order valence-corrected chi connectivity index (χ3v) is 5.06. The number of halogens is 1. The van der Waals surface area contributed by atoms with Crippen molar-refractivity contribution >= 4 is 34.3 Å². The van der Waals surface area contributed by atoms with E-state index in [9.17, 15) is 9.90 Å². The number of pyridine rings is 1. The van der Waals surface area contributed by atoms with Gasteiger partial charge in [-0.05, 0) is 51.8 Å². The molecule has 1 saturated heterocycles. The van der Waals surface area contributed by atoms with E-state index in [0.29, 0.717) is 53.1 Å². The van der Waals surface area contributed by atoms with E-state index in [0.717, 1.165) is 0 Å². The van der Waals surface area contributed by atoms with E-state index in [1.165, 1.54) is 0 Å². The van der Waals surface area contributed by atoms with Gasteiger partial charge in [0.15, 0.2) is 0 Å². The number of fused-ring (bicyclic) bond motifs is 1. The van der Waals surface area contributed by atoms with Crippen LogP contribution in [0.5, 0.6) is 0 Å².